The molecule has 0 aromatic carbocycles. The van der Waals surface area contributed by atoms with Crippen molar-refractivity contribution >= 4 is 0 Å². The van der Waals surface area contributed by atoms with Crippen molar-refractivity contribution in [2.24, 2.45) is 5.92 Å². The first-order valence-corrected chi connectivity index (χ1v) is 7.05. The molecule has 1 aliphatic rings. The molecule has 4 heteroatoms. The Morgan fingerprint density at radius 1 is 1.33 bits per heavy atom. The Bertz CT molecular complexity index is 370. The summed E-state index contributed by atoms with van der Waals surface area (Å²) in [5.41, 5.74) is 0.870. The van der Waals surface area contributed by atoms with Crippen molar-refractivity contribution in [2.45, 2.75) is 64.2 Å². The molecule has 0 bridgehead atoms. The molecule has 2 unspecified atom stereocenters. The lowest BCUT2D eigenvalue weighted by Gasteiger charge is -2.16. The average Bonchev–Trinajstić information content (AvgIpc) is 3.12. The maximum Gasteiger partial charge on any atom is 0.0857 e. The normalized spacial score (nSPS) is 19.2. The molecule has 102 valence electrons. The summed E-state index contributed by atoms with van der Waals surface area (Å²) in [7, 11) is 0. The largest absolute Gasteiger partial charge is 0.390 e. The van der Waals surface area contributed by atoms with Crippen LogP contribution in [-0.4, -0.2) is 32.2 Å². The summed E-state index contributed by atoms with van der Waals surface area (Å²) < 4.78 is 1.98. The van der Waals surface area contributed by atoms with Gasteiger partial charge < -0.3 is 10.2 Å². The van der Waals surface area contributed by atoms with Gasteiger partial charge in [0.2, 0.25) is 0 Å². The van der Waals surface area contributed by atoms with Crippen LogP contribution in [0.2, 0.25) is 0 Å². The fraction of sp³-hybridized carbons (Fsp3) is 0.786. The van der Waals surface area contributed by atoms with E-state index in [1.165, 1.54) is 0 Å². The van der Waals surface area contributed by atoms with Crippen molar-refractivity contribution in [1.29, 1.82) is 0 Å². The van der Waals surface area contributed by atoms with Crippen LogP contribution in [0.15, 0.2) is 12.3 Å². The molecule has 1 aliphatic carbocycles. The summed E-state index contributed by atoms with van der Waals surface area (Å²) in [4.78, 5) is 0. The number of rotatable bonds is 7. The Kier molecular flexibility index (Phi) is 4.40. The number of hydrogen-bond acceptors (Lipinski definition) is 3. The first kappa shape index (κ1) is 13.6. The second kappa shape index (κ2) is 5.85. The van der Waals surface area contributed by atoms with Crippen LogP contribution in [0.1, 0.15) is 51.3 Å². The smallest absolute Gasteiger partial charge is 0.0857 e. The van der Waals surface area contributed by atoms with E-state index in [4.69, 9.17) is 0 Å². The maximum atomic E-state index is 9.94. The van der Waals surface area contributed by atoms with Gasteiger partial charge in [0.25, 0.3) is 0 Å². The van der Waals surface area contributed by atoms with Gasteiger partial charge in [-0.25, -0.2) is 0 Å². The SMILES string of the molecule is CCC(CC)n1ccc(CC(O)C(O)C2CC2)n1. The monoisotopic (exact) mass is 252 g/mol. The van der Waals surface area contributed by atoms with Gasteiger partial charge in [-0.2, -0.15) is 5.10 Å². The summed E-state index contributed by atoms with van der Waals surface area (Å²) in [6.07, 6.45) is 5.37. The van der Waals surface area contributed by atoms with Gasteiger partial charge in [0.1, 0.15) is 0 Å². The Morgan fingerprint density at radius 2 is 2.00 bits per heavy atom. The molecule has 2 atom stereocenters. The lowest BCUT2D eigenvalue weighted by Crippen LogP contribution is -2.30. The molecular weight excluding hydrogens is 228 g/mol. The molecule has 0 saturated heterocycles. The fourth-order valence-electron chi connectivity index (χ4n) is 2.44. The zero-order valence-electron chi connectivity index (χ0n) is 11.3. The third-order valence-corrected chi connectivity index (χ3v) is 3.90. The lowest BCUT2D eigenvalue weighted by atomic mass is 10.1. The molecule has 1 saturated carbocycles. The Morgan fingerprint density at radius 3 is 2.56 bits per heavy atom. The molecule has 1 aromatic rings. The Hall–Kier alpha value is -0.870. The molecule has 0 spiro atoms. The molecule has 1 heterocycles. The van der Waals surface area contributed by atoms with Gasteiger partial charge in [0.15, 0.2) is 0 Å². The van der Waals surface area contributed by atoms with Crippen LogP contribution in [0, 0.1) is 5.92 Å². The summed E-state index contributed by atoms with van der Waals surface area (Å²) in [6.45, 7) is 4.31. The van der Waals surface area contributed by atoms with Crippen molar-refractivity contribution in [3.05, 3.63) is 18.0 Å². The van der Waals surface area contributed by atoms with Crippen LogP contribution in [0.5, 0.6) is 0 Å². The van der Waals surface area contributed by atoms with Crippen molar-refractivity contribution in [3.63, 3.8) is 0 Å². The first-order chi connectivity index (χ1) is 8.65. The van der Waals surface area contributed by atoms with E-state index in [-0.39, 0.29) is 0 Å². The number of nitrogens with zero attached hydrogens (tertiary/aromatic N) is 2. The predicted octanol–water partition coefficient (Wildman–Crippen LogP) is 1.92. The van der Waals surface area contributed by atoms with E-state index < -0.39 is 12.2 Å². The third-order valence-electron chi connectivity index (χ3n) is 3.90. The minimum absolute atomic E-state index is 0.307. The van der Waals surface area contributed by atoms with Crippen LogP contribution in [0.3, 0.4) is 0 Å². The van der Waals surface area contributed by atoms with E-state index in [0.717, 1.165) is 31.4 Å². The maximum absolute atomic E-state index is 9.94. The van der Waals surface area contributed by atoms with E-state index in [0.29, 0.717) is 18.4 Å². The Labute approximate surface area is 109 Å². The molecule has 2 rings (SSSR count). The van der Waals surface area contributed by atoms with Gasteiger partial charge in [-0.05, 0) is 37.7 Å². The molecule has 4 nitrogen and oxygen atoms in total. The van der Waals surface area contributed by atoms with E-state index in [1.807, 2.05) is 16.9 Å². The van der Waals surface area contributed by atoms with Crippen LogP contribution < -0.4 is 0 Å². The van der Waals surface area contributed by atoms with Gasteiger partial charge >= 0.3 is 0 Å². The summed E-state index contributed by atoms with van der Waals surface area (Å²) in [5, 5.41) is 24.3. The quantitative estimate of drug-likeness (QED) is 0.779. The zero-order chi connectivity index (χ0) is 13.1. The summed E-state index contributed by atoms with van der Waals surface area (Å²) in [6, 6.07) is 2.38. The molecule has 1 fully saturated rings. The Balaban J connectivity index is 1.93. The van der Waals surface area contributed by atoms with E-state index in [1.54, 1.807) is 0 Å². The van der Waals surface area contributed by atoms with Crippen molar-refractivity contribution in [1.82, 2.24) is 9.78 Å². The molecule has 0 amide bonds. The van der Waals surface area contributed by atoms with E-state index in [9.17, 15) is 10.2 Å². The molecule has 0 aliphatic heterocycles. The van der Waals surface area contributed by atoms with Gasteiger partial charge in [-0.1, -0.05) is 13.8 Å². The second-order valence-corrected chi connectivity index (χ2v) is 5.36. The van der Waals surface area contributed by atoms with Crippen LogP contribution in [0.25, 0.3) is 0 Å². The van der Waals surface area contributed by atoms with E-state index >= 15 is 0 Å². The molecule has 18 heavy (non-hydrogen) atoms. The zero-order valence-corrected chi connectivity index (χ0v) is 11.3. The highest BCUT2D eigenvalue weighted by molar-refractivity contribution is 5.03. The number of aliphatic hydroxyl groups is 2. The van der Waals surface area contributed by atoms with Crippen molar-refractivity contribution < 1.29 is 10.2 Å². The molecule has 0 radical (unpaired) electrons. The fourth-order valence-corrected chi connectivity index (χ4v) is 2.44. The number of aromatic nitrogens is 2. The van der Waals surface area contributed by atoms with Gasteiger partial charge in [-0.3, -0.25) is 4.68 Å². The van der Waals surface area contributed by atoms with Gasteiger partial charge in [0, 0.05) is 12.6 Å². The third kappa shape index (κ3) is 3.12. The minimum atomic E-state index is -0.678. The van der Waals surface area contributed by atoms with Crippen LogP contribution >= 0.6 is 0 Å². The number of aliphatic hydroxyl groups excluding tert-OH is 2. The number of hydrogen-bond donors (Lipinski definition) is 2. The van der Waals surface area contributed by atoms with Gasteiger partial charge in [-0.15, -0.1) is 0 Å². The van der Waals surface area contributed by atoms with Crippen molar-refractivity contribution in [2.75, 3.05) is 0 Å². The first-order valence-electron chi connectivity index (χ1n) is 7.05. The van der Waals surface area contributed by atoms with Gasteiger partial charge in [0.05, 0.1) is 23.9 Å². The van der Waals surface area contributed by atoms with Crippen LogP contribution in [0.4, 0.5) is 0 Å². The second-order valence-electron chi connectivity index (χ2n) is 5.36. The summed E-state index contributed by atoms with van der Waals surface area (Å²) in [5.74, 6) is 0.307. The van der Waals surface area contributed by atoms with Crippen LogP contribution in [-0.2, 0) is 6.42 Å². The average molecular weight is 252 g/mol. The summed E-state index contributed by atoms with van der Waals surface area (Å²) >= 11 is 0. The predicted molar refractivity (Wildman–Crippen MR) is 70.3 cm³/mol. The highest BCUT2D eigenvalue weighted by Gasteiger charge is 2.34. The molecular formula is C14H24N2O2. The lowest BCUT2D eigenvalue weighted by molar-refractivity contribution is 0.00612. The highest BCUT2D eigenvalue weighted by Crippen LogP contribution is 2.34. The topological polar surface area (TPSA) is 58.3 Å². The minimum Gasteiger partial charge on any atom is -0.390 e. The highest BCUT2D eigenvalue weighted by atomic mass is 16.3. The molecule has 2 N–H and O–H groups in total. The van der Waals surface area contributed by atoms with Crippen molar-refractivity contribution in [3.8, 4) is 0 Å². The molecule has 1 aromatic heterocycles. The standard InChI is InChI=1S/C14H24N2O2/c1-3-12(4-2)16-8-7-11(15-16)9-13(17)14(18)10-5-6-10/h7-8,10,12-14,17-18H,3-6,9H2,1-2H3. The van der Waals surface area contributed by atoms with E-state index in [2.05, 4.69) is 18.9 Å².